The van der Waals surface area contributed by atoms with Crippen LogP contribution in [0.3, 0.4) is 0 Å². The zero-order valence-electron chi connectivity index (χ0n) is 11.1. The zero-order chi connectivity index (χ0) is 12.7. The molecule has 2 atom stereocenters. The molecule has 4 heteroatoms. The van der Waals surface area contributed by atoms with Gasteiger partial charge in [-0.1, -0.05) is 13.8 Å². The van der Waals surface area contributed by atoms with E-state index in [4.69, 9.17) is 5.11 Å². The van der Waals surface area contributed by atoms with Crippen LogP contribution in [0.2, 0.25) is 0 Å². The van der Waals surface area contributed by atoms with Crippen molar-refractivity contribution in [2.75, 3.05) is 26.2 Å². The molecule has 1 heterocycles. The van der Waals surface area contributed by atoms with Crippen LogP contribution in [-0.4, -0.2) is 48.2 Å². The van der Waals surface area contributed by atoms with Crippen LogP contribution in [0, 0.1) is 5.92 Å². The molecule has 0 radical (unpaired) electrons. The lowest BCUT2D eigenvalue weighted by molar-refractivity contribution is -0.138. The molecular formula is C13H26N2O2. The number of nitrogens with one attached hydrogen (secondary N) is 1. The summed E-state index contributed by atoms with van der Waals surface area (Å²) in [5.41, 5.74) is 0. The molecule has 2 N–H and O–H groups in total. The molecule has 0 aromatic rings. The monoisotopic (exact) mass is 242 g/mol. The average Bonchev–Trinajstić information content (AvgIpc) is 2.25. The van der Waals surface area contributed by atoms with Gasteiger partial charge in [0.1, 0.15) is 0 Å². The van der Waals surface area contributed by atoms with Crippen LogP contribution in [-0.2, 0) is 4.79 Å². The molecule has 17 heavy (non-hydrogen) atoms. The summed E-state index contributed by atoms with van der Waals surface area (Å²) >= 11 is 0. The van der Waals surface area contributed by atoms with Gasteiger partial charge in [0.2, 0.25) is 0 Å². The van der Waals surface area contributed by atoms with Crippen molar-refractivity contribution in [2.45, 2.75) is 45.6 Å². The predicted octanol–water partition coefficient (Wildman–Crippen LogP) is 1.56. The molecule has 0 aromatic heterocycles. The van der Waals surface area contributed by atoms with Crippen molar-refractivity contribution in [3.63, 3.8) is 0 Å². The van der Waals surface area contributed by atoms with Crippen LogP contribution < -0.4 is 5.32 Å². The van der Waals surface area contributed by atoms with E-state index in [0.29, 0.717) is 18.4 Å². The molecule has 0 saturated carbocycles. The van der Waals surface area contributed by atoms with Gasteiger partial charge in [0.05, 0.1) is 0 Å². The second-order valence-electron chi connectivity index (χ2n) is 5.11. The Morgan fingerprint density at radius 1 is 1.35 bits per heavy atom. The number of hydrogen-bond donors (Lipinski definition) is 2. The summed E-state index contributed by atoms with van der Waals surface area (Å²) in [5.74, 6) is -0.357. The lowest BCUT2D eigenvalue weighted by Gasteiger charge is -2.37. The molecular weight excluding hydrogens is 216 g/mol. The largest absolute Gasteiger partial charge is 0.481 e. The number of rotatable bonds is 7. The second kappa shape index (κ2) is 7.67. The fourth-order valence-corrected chi connectivity index (χ4v) is 2.69. The molecule has 0 amide bonds. The van der Waals surface area contributed by atoms with Gasteiger partial charge in [-0.25, -0.2) is 0 Å². The Kier molecular flexibility index (Phi) is 6.52. The highest BCUT2D eigenvalue weighted by molar-refractivity contribution is 5.67. The fraction of sp³-hybridized carbons (Fsp3) is 0.923. The Morgan fingerprint density at radius 2 is 2.12 bits per heavy atom. The van der Waals surface area contributed by atoms with Crippen molar-refractivity contribution in [1.29, 1.82) is 0 Å². The number of nitrogens with zero attached hydrogens (tertiary/aromatic N) is 1. The summed E-state index contributed by atoms with van der Waals surface area (Å²) in [6, 6.07) is 0.472. The fourth-order valence-electron chi connectivity index (χ4n) is 2.69. The molecule has 0 bridgehead atoms. The van der Waals surface area contributed by atoms with Gasteiger partial charge in [-0.2, -0.15) is 0 Å². The SMILES string of the molecule is CCCNC1CC(CC(=O)O)CN(CCC)C1. The van der Waals surface area contributed by atoms with E-state index in [9.17, 15) is 4.79 Å². The summed E-state index contributed by atoms with van der Waals surface area (Å²) < 4.78 is 0. The van der Waals surface area contributed by atoms with E-state index in [1.807, 2.05) is 0 Å². The lowest BCUT2D eigenvalue weighted by atomic mass is 9.91. The molecule has 4 nitrogen and oxygen atoms in total. The van der Waals surface area contributed by atoms with E-state index < -0.39 is 5.97 Å². The lowest BCUT2D eigenvalue weighted by Crippen LogP contribution is -2.49. The molecule has 0 aliphatic carbocycles. The molecule has 1 fully saturated rings. The highest BCUT2D eigenvalue weighted by Gasteiger charge is 2.27. The summed E-state index contributed by atoms with van der Waals surface area (Å²) in [4.78, 5) is 13.2. The molecule has 0 aromatic carbocycles. The molecule has 1 aliphatic rings. The molecule has 2 unspecified atom stereocenters. The van der Waals surface area contributed by atoms with Crippen LogP contribution >= 0.6 is 0 Å². The number of likely N-dealkylation sites (tertiary alicyclic amines) is 1. The minimum atomic E-state index is -0.664. The summed E-state index contributed by atoms with van der Waals surface area (Å²) in [6.07, 6.45) is 3.59. The van der Waals surface area contributed by atoms with E-state index in [0.717, 1.165) is 45.4 Å². The molecule has 0 spiro atoms. The first-order valence-corrected chi connectivity index (χ1v) is 6.83. The van der Waals surface area contributed by atoms with Crippen LogP contribution in [0.5, 0.6) is 0 Å². The molecule has 1 saturated heterocycles. The third-order valence-corrected chi connectivity index (χ3v) is 3.30. The quantitative estimate of drug-likeness (QED) is 0.711. The van der Waals surface area contributed by atoms with Crippen LogP contribution in [0.15, 0.2) is 0 Å². The first-order valence-electron chi connectivity index (χ1n) is 6.83. The molecule has 1 rings (SSSR count). The van der Waals surface area contributed by atoms with Gasteiger partial charge < -0.3 is 15.3 Å². The first-order chi connectivity index (χ1) is 8.15. The van der Waals surface area contributed by atoms with Gasteiger partial charge in [-0.15, -0.1) is 0 Å². The number of carboxylic acid groups (broad SMARTS) is 1. The van der Waals surface area contributed by atoms with Crippen molar-refractivity contribution in [3.05, 3.63) is 0 Å². The topological polar surface area (TPSA) is 52.6 Å². The van der Waals surface area contributed by atoms with E-state index in [1.54, 1.807) is 0 Å². The van der Waals surface area contributed by atoms with E-state index in [2.05, 4.69) is 24.1 Å². The summed E-state index contributed by atoms with van der Waals surface area (Å²) in [6.45, 7) is 8.48. The van der Waals surface area contributed by atoms with Gasteiger partial charge in [0, 0.05) is 25.6 Å². The minimum Gasteiger partial charge on any atom is -0.481 e. The van der Waals surface area contributed by atoms with Crippen molar-refractivity contribution < 1.29 is 9.90 Å². The number of piperidine rings is 1. The number of carbonyl (C=O) groups is 1. The third kappa shape index (κ3) is 5.50. The molecule has 100 valence electrons. The van der Waals surface area contributed by atoms with Crippen LogP contribution in [0.1, 0.15) is 39.5 Å². The third-order valence-electron chi connectivity index (χ3n) is 3.30. The number of carboxylic acids is 1. The summed E-state index contributed by atoms with van der Waals surface area (Å²) in [5, 5.41) is 12.4. The Morgan fingerprint density at radius 3 is 2.71 bits per heavy atom. The van der Waals surface area contributed by atoms with Crippen molar-refractivity contribution in [3.8, 4) is 0 Å². The predicted molar refractivity (Wildman–Crippen MR) is 69.2 cm³/mol. The maximum Gasteiger partial charge on any atom is 0.303 e. The average molecular weight is 242 g/mol. The van der Waals surface area contributed by atoms with Gasteiger partial charge in [-0.05, 0) is 38.3 Å². The highest BCUT2D eigenvalue weighted by Crippen LogP contribution is 2.20. The number of hydrogen-bond acceptors (Lipinski definition) is 3. The van der Waals surface area contributed by atoms with Gasteiger partial charge >= 0.3 is 5.97 Å². The van der Waals surface area contributed by atoms with Crippen molar-refractivity contribution in [1.82, 2.24) is 10.2 Å². The second-order valence-corrected chi connectivity index (χ2v) is 5.11. The Labute approximate surface area is 104 Å². The van der Waals surface area contributed by atoms with Crippen LogP contribution in [0.4, 0.5) is 0 Å². The highest BCUT2D eigenvalue weighted by atomic mass is 16.4. The van der Waals surface area contributed by atoms with E-state index in [1.165, 1.54) is 0 Å². The minimum absolute atomic E-state index is 0.308. The number of aliphatic carboxylic acids is 1. The van der Waals surface area contributed by atoms with E-state index >= 15 is 0 Å². The van der Waals surface area contributed by atoms with Gasteiger partial charge in [0.15, 0.2) is 0 Å². The Bertz CT molecular complexity index is 233. The zero-order valence-corrected chi connectivity index (χ0v) is 11.1. The van der Waals surface area contributed by atoms with Crippen molar-refractivity contribution >= 4 is 5.97 Å². The summed E-state index contributed by atoms with van der Waals surface area (Å²) in [7, 11) is 0. The first kappa shape index (κ1) is 14.5. The molecule has 1 aliphatic heterocycles. The van der Waals surface area contributed by atoms with Gasteiger partial charge in [0.25, 0.3) is 0 Å². The standard InChI is InChI=1S/C13H26N2O2/c1-3-5-14-12-7-11(8-13(16)17)9-15(10-12)6-4-2/h11-12,14H,3-10H2,1-2H3,(H,16,17). The van der Waals surface area contributed by atoms with Gasteiger partial charge in [-0.3, -0.25) is 4.79 Å². The maximum absolute atomic E-state index is 10.8. The maximum atomic E-state index is 10.8. The van der Waals surface area contributed by atoms with E-state index in [-0.39, 0.29) is 0 Å². The van der Waals surface area contributed by atoms with Crippen molar-refractivity contribution in [2.24, 2.45) is 5.92 Å². The normalized spacial score (nSPS) is 26.0. The smallest absolute Gasteiger partial charge is 0.303 e. The van der Waals surface area contributed by atoms with Crippen LogP contribution in [0.25, 0.3) is 0 Å². The Balaban J connectivity index is 2.46. The Hall–Kier alpha value is -0.610.